The van der Waals surface area contributed by atoms with Gasteiger partial charge in [-0.05, 0) is 44.1 Å². The topological polar surface area (TPSA) is 55.9 Å². The maximum absolute atomic E-state index is 5.89. The van der Waals surface area contributed by atoms with Crippen LogP contribution in [0.15, 0.2) is 6.07 Å². The molecule has 3 N–H and O–H groups in total. The molecule has 0 radical (unpaired) electrons. The Morgan fingerprint density at radius 1 is 1.30 bits per heavy atom. The second-order valence-electron chi connectivity index (χ2n) is 6.06. The largest absolute Gasteiger partial charge is 0.271 e. The van der Waals surface area contributed by atoms with Gasteiger partial charge < -0.3 is 0 Å². The molecule has 0 aromatic carbocycles. The monoisotopic (exact) mass is 278 g/mol. The van der Waals surface area contributed by atoms with Crippen LogP contribution in [-0.2, 0) is 13.0 Å². The maximum Gasteiger partial charge on any atom is 0.0657 e. The van der Waals surface area contributed by atoms with E-state index in [1.807, 2.05) is 0 Å². The minimum atomic E-state index is 0.251. The van der Waals surface area contributed by atoms with E-state index in [0.29, 0.717) is 5.92 Å². The quantitative estimate of drug-likeness (QED) is 0.620. The molecule has 1 aliphatic carbocycles. The number of aryl methyl sites for hydroxylation is 2. The van der Waals surface area contributed by atoms with Crippen LogP contribution in [0.1, 0.15) is 70.3 Å². The zero-order valence-corrected chi connectivity index (χ0v) is 13.2. The number of nitrogens with one attached hydrogen (secondary N) is 1. The highest BCUT2D eigenvalue weighted by atomic mass is 15.3. The molecule has 0 bridgehead atoms. The lowest BCUT2D eigenvalue weighted by molar-refractivity contribution is 0.213. The molecule has 0 saturated heterocycles. The standard InChI is InChI=1S/C16H30N4/c1-4-12-7-9-13(10-8-12)16(18-17)15-11-14(5-2)19-20(15)6-3/h11-13,16,18H,4-10,17H2,1-3H3. The van der Waals surface area contributed by atoms with Crippen LogP contribution in [0.5, 0.6) is 0 Å². The van der Waals surface area contributed by atoms with Gasteiger partial charge in [-0.1, -0.05) is 33.1 Å². The molecule has 2 rings (SSSR count). The van der Waals surface area contributed by atoms with Crippen molar-refractivity contribution < 1.29 is 0 Å². The lowest BCUT2D eigenvalue weighted by Crippen LogP contribution is -2.36. The summed E-state index contributed by atoms with van der Waals surface area (Å²) in [5, 5.41) is 4.66. The van der Waals surface area contributed by atoms with Crippen molar-refractivity contribution >= 4 is 0 Å². The number of nitrogens with zero attached hydrogens (tertiary/aromatic N) is 2. The average molecular weight is 278 g/mol. The molecular weight excluding hydrogens is 248 g/mol. The Hall–Kier alpha value is -0.870. The first kappa shape index (κ1) is 15.5. The number of hydrogen-bond acceptors (Lipinski definition) is 3. The molecule has 1 atom stereocenters. The molecule has 1 unspecified atom stereocenters. The van der Waals surface area contributed by atoms with Gasteiger partial charge >= 0.3 is 0 Å². The molecule has 1 heterocycles. The summed E-state index contributed by atoms with van der Waals surface area (Å²) in [6.45, 7) is 7.53. The van der Waals surface area contributed by atoms with Crippen molar-refractivity contribution in [3.8, 4) is 0 Å². The van der Waals surface area contributed by atoms with Gasteiger partial charge in [0, 0.05) is 6.54 Å². The Balaban J connectivity index is 2.13. The van der Waals surface area contributed by atoms with E-state index in [1.54, 1.807) is 0 Å². The van der Waals surface area contributed by atoms with Gasteiger partial charge in [0.15, 0.2) is 0 Å². The molecule has 1 saturated carbocycles. The fraction of sp³-hybridized carbons (Fsp3) is 0.812. The van der Waals surface area contributed by atoms with Crippen LogP contribution in [0.25, 0.3) is 0 Å². The molecule has 1 aliphatic rings. The van der Waals surface area contributed by atoms with Gasteiger partial charge in [-0.2, -0.15) is 5.10 Å². The van der Waals surface area contributed by atoms with E-state index in [-0.39, 0.29) is 6.04 Å². The van der Waals surface area contributed by atoms with E-state index in [0.717, 1.165) is 18.9 Å². The van der Waals surface area contributed by atoms with Crippen molar-refractivity contribution in [1.82, 2.24) is 15.2 Å². The van der Waals surface area contributed by atoms with Crippen molar-refractivity contribution in [1.29, 1.82) is 0 Å². The maximum atomic E-state index is 5.89. The normalized spacial score (nSPS) is 24.8. The van der Waals surface area contributed by atoms with E-state index in [9.17, 15) is 0 Å². The third kappa shape index (κ3) is 3.23. The van der Waals surface area contributed by atoms with Gasteiger partial charge in [-0.25, -0.2) is 0 Å². The number of nitrogens with two attached hydrogens (primary N) is 1. The van der Waals surface area contributed by atoms with Crippen molar-refractivity contribution in [2.75, 3.05) is 0 Å². The predicted octanol–water partition coefficient (Wildman–Crippen LogP) is 3.19. The summed E-state index contributed by atoms with van der Waals surface area (Å²) >= 11 is 0. The number of aromatic nitrogens is 2. The highest BCUT2D eigenvalue weighted by molar-refractivity contribution is 5.15. The lowest BCUT2D eigenvalue weighted by Gasteiger charge is -2.33. The van der Waals surface area contributed by atoms with E-state index < -0.39 is 0 Å². The molecule has 1 fully saturated rings. The van der Waals surface area contributed by atoms with Gasteiger partial charge in [0.2, 0.25) is 0 Å². The van der Waals surface area contributed by atoms with Crippen LogP contribution in [-0.4, -0.2) is 9.78 Å². The van der Waals surface area contributed by atoms with E-state index in [4.69, 9.17) is 5.84 Å². The Bertz CT molecular complexity index is 405. The molecular formula is C16H30N4. The predicted molar refractivity (Wildman–Crippen MR) is 83.1 cm³/mol. The van der Waals surface area contributed by atoms with Gasteiger partial charge in [0.1, 0.15) is 0 Å². The molecule has 114 valence electrons. The Kier molecular flexibility index (Phi) is 5.61. The van der Waals surface area contributed by atoms with Crippen LogP contribution in [0.3, 0.4) is 0 Å². The van der Waals surface area contributed by atoms with Crippen molar-refractivity contribution in [2.24, 2.45) is 17.7 Å². The lowest BCUT2D eigenvalue weighted by atomic mass is 9.77. The molecule has 0 spiro atoms. The molecule has 1 aromatic rings. The molecule has 4 nitrogen and oxygen atoms in total. The highest BCUT2D eigenvalue weighted by Crippen LogP contribution is 2.37. The van der Waals surface area contributed by atoms with Gasteiger partial charge in [0.25, 0.3) is 0 Å². The molecule has 0 amide bonds. The van der Waals surface area contributed by atoms with Crippen LogP contribution in [0, 0.1) is 11.8 Å². The van der Waals surface area contributed by atoms with Crippen molar-refractivity contribution in [3.05, 3.63) is 17.5 Å². The van der Waals surface area contributed by atoms with Crippen molar-refractivity contribution in [3.63, 3.8) is 0 Å². The molecule has 4 heteroatoms. The smallest absolute Gasteiger partial charge is 0.0657 e. The second kappa shape index (κ2) is 7.23. The summed E-state index contributed by atoms with van der Waals surface area (Å²) in [6.07, 6.45) is 7.56. The number of hydrazine groups is 1. The van der Waals surface area contributed by atoms with E-state index in [1.165, 1.54) is 43.5 Å². The fourth-order valence-corrected chi connectivity index (χ4v) is 3.56. The summed E-state index contributed by atoms with van der Waals surface area (Å²) < 4.78 is 2.12. The third-order valence-electron chi connectivity index (χ3n) is 4.96. The van der Waals surface area contributed by atoms with Gasteiger partial charge in [-0.3, -0.25) is 16.0 Å². The number of rotatable bonds is 6. The second-order valence-corrected chi connectivity index (χ2v) is 6.06. The van der Waals surface area contributed by atoms with Crippen LogP contribution in [0.2, 0.25) is 0 Å². The van der Waals surface area contributed by atoms with Crippen molar-refractivity contribution in [2.45, 2.75) is 71.9 Å². The zero-order chi connectivity index (χ0) is 14.5. The minimum absolute atomic E-state index is 0.251. The average Bonchev–Trinajstić information content (AvgIpc) is 2.92. The first-order valence-corrected chi connectivity index (χ1v) is 8.26. The summed E-state index contributed by atoms with van der Waals surface area (Å²) in [7, 11) is 0. The molecule has 0 aliphatic heterocycles. The SMILES string of the molecule is CCc1cc(C(NN)C2CCC(CC)CC2)n(CC)n1. The van der Waals surface area contributed by atoms with Gasteiger partial charge in [0.05, 0.1) is 17.4 Å². The first-order chi connectivity index (χ1) is 9.73. The van der Waals surface area contributed by atoms with Crippen LogP contribution in [0.4, 0.5) is 0 Å². The minimum Gasteiger partial charge on any atom is -0.271 e. The third-order valence-corrected chi connectivity index (χ3v) is 4.96. The van der Waals surface area contributed by atoms with Gasteiger partial charge in [-0.15, -0.1) is 0 Å². The highest BCUT2D eigenvalue weighted by Gasteiger charge is 2.29. The Morgan fingerprint density at radius 2 is 2.00 bits per heavy atom. The zero-order valence-electron chi connectivity index (χ0n) is 13.2. The summed E-state index contributed by atoms with van der Waals surface area (Å²) in [5.41, 5.74) is 5.51. The summed E-state index contributed by atoms with van der Waals surface area (Å²) in [4.78, 5) is 0. The van der Waals surface area contributed by atoms with E-state index in [2.05, 4.69) is 42.0 Å². The van der Waals surface area contributed by atoms with Crippen LogP contribution < -0.4 is 11.3 Å². The molecule has 20 heavy (non-hydrogen) atoms. The van der Waals surface area contributed by atoms with E-state index >= 15 is 0 Å². The fourth-order valence-electron chi connectivity index (χ4n) is 3.56. The van der Waals surface area contributed by atoms with Crippen LogP contribution >= 0.6 is 0 Å². The molecule has 1 aromatic heterocycles. The number of hydrogen-bond donors (Lipinski definition) is 2. The summed E-state index contributed by atoms with van der Waals surface area (Å²) in [5.74, 6) is 7.46. The first-order valence-electron chi connectivity index (χ1n) is 8.26. The Morgan fingerprint density at radius 3 is 2.50 bits per heavy atom. The summed E-state index contributed by atoms with van der Waals surface area (Å²) in [6, 6.07) is 2.49. The Labute approximate surface area is 123 Å².